The molecule has 2 N–H and O–H groups in total. The number of benzene rings is 2. The lowest BCUT2D eigenvalue weighted by atomic mass is 9.76. The summed E-state index contributed by atoms with van der Waals surface area (Å²) in [6.45, 7) is 1.10. The maximum atomic E-state index is 10.9. The molecule has 0 aromatic heterocycles. The van der Waals surface area contributed by atoms with Crippen molar-refractivity contribution in [3.8, 4) is 28.4 Å². The Morgan fingerprint density at radius 3 is 2.61 bits per heavy atom. The van der Waals surface area contributed by atoms with Crippen LogP contribution in [0.3, 0.4) is 0 Å². The van der Waals surface area contributed by atoms with E-state index in [2.05, 4.69) is 13.1 Å². The predicted molar refractivity (Wildman–Crippen MR) is 88.5 cm³/mol. The molecule has 0 spiro atoms. The summed E-state index contributed by atoms with van der Waals surface area (Å²) in [7, 11) is 5.53. The molecule has 4 heteroatoms. The van der Waals surface area contributed by atoms with Crippen LogP contribution in [0, 0.1) is 0 Å². The van der Waals surface area contributed by atoms with E-state index in [0.717, 1.165) is 36.3 Å². The van der Waals surface area contributed by atoms with E-state index >= 15 is 0 Å². The minimum Gasteiger partial charge on any atom is -0.504 e. The fraction of sp³-hybridized carbons (Fsp3) is 0.368. The van der Waals surface area contributed by atoms with Crippen molar-refractivity contribution in [1.29, 1.82) is 0 Å². The largest absolute Gasteiger partial charge is 0.504 e. The van der Waals surface area contributed by atoms with Crippen LogP contribution >= 0.6 is 0 Å². The first-order valence-electron chi connectivity index (χ1n) is 8.07. The number of rotatable bonds is 2. The third-order valence-electron chi connectivity index (χ3n) is 5.35. The molecule has 4 rings (SSSR count). The first-order chi connectivity index (χ1) is 11.2. The normalized spacial score (nSPS) is 21.3. The van der Waals surface area contributed by atoms with Gasteiger partial charge in [0.15, 0.2) is 11.5 Å². The Morgan fingerprint density at radius 2 is 1.87 bits per heavy atom. The highest BCUT2D eigenvalue weighted by Crippen LogP contribution is 2.51. The van der Waals surface area contributed by atoms with Crippen molar-refractivity contribution in [3.63, 3.8) is 0 Å². The van der Waals surface area contributed by atoms with Crippen LogP contribution in [0.1, 0.15) is 22.7 Å². The second kappa shape index (κ2) is 5.17. The lowest BCUT2D eigenvalue weighted by Crippen LogP contribution is -3.10. The number of ether oxygens (including phenoxy) is 2. The number of phenols is 1. The van der Waals surface area contributed by atoms with Crippen molar-refractivity contribution >= 4 is 0 Å². The van der Waals surface area contributed by atoms with Crippen molar-refractivity contribution in [1.82, 2.24) is 0 Å². The van der Waals surface area contributed by atoms with E-state index in [1.807, 2.05) is 18.2 Å². The molecule has 4 nitrogen and oxygen atoms in total. The van der Waals surface area contributed by atoms with Gasteiger partial charge in [0.25, 0.3) is 0 Å². The Morgan fingerprint density at radius 1 is 1.09 bits per heavy atom. The SMILES string of the molecule is COc1cc2c3c(c1O)-c1c(cccc1OC)C[C@@H]3[NH+](C)CC2. The van der Waals surface area contributed by atoms with Gasteiger partial charge in [0.1, 0.15) is 11.8 Å². The summed E-state index contributed by atoms with van der Waals surface area (Å²) in [6, 6.07) is 8.52. The number of quaternary nitrogens is 1. The molecule has 1 aliphatic carbocycles. The highest BCUT2D eigenvalue weighted by Gasteiger charge is 2.39. The lowest BCUT2D eigenvalue weighted by Gasteiger charge is -2.38. The number of aromatic hydroxyl groups is 1. The number of phenolic OH excluding ortho intramolecular Hbond substituents is 1. The molecule has 2 atom stereocenters. The van der Waals surface area contributed by atoms with Crippen molar-refractivity contribution < 1.29 is 19.5 Å². The molecule has 2 aliphatic rings. The minimum absolute atomic E-state index is 0.233. The van der Waals surface area contributed by atoms with Gasteiger partial charge in [-0.3, -0.25) is 0 Å². The van der Waals surface area contributed by atoms with E-state index in [4.69, 9.17) is 9.47 Å². The molecule has 120 valence electrons. The zero-order valence-electron chi connectivity index (χ0n) is 13.8. The molecular formula is C19H22NO3+. The van der Waals surface area contributed by atoms with Gasteiger partial charge in [0, 0.05) is 29.5 Å². The zero-order valence-corrected chi connectivity index (χ0v) is 13.8. The van der Waals surface area contributed by atoms with Crippen LogP contribution in [-0.2, 0) is 12.8 Å². The van der Waals surface area contributed by atoms with Crippen molar-refractivity contribution in [2.75, 3.05) is 27.8 Å². The Kier molecular flexibility index (Phi) is 3.23. The summed E-state index contributed by atoms with van der Waals surface area (Å²) in [5.74, 6) is 1.60. The van der Waals surface area contributed by atoms with Gasteiger partial charge in [-0.25, -0.2) is 0 Å². The zero-order chi connectivity index (χ0) is 16.1. The Balaban J connectivity index is 2.10. The van der Waals surface area contributed by atoms with Gasteiger partial charge in [-0.2, -0.15) is 0 Å². The van der Waals surface area contributed by atoms with Gasteiger partial charge in [-0.1, -0.05) is 12.1 Å². The van der Waals surface area contributed by atoms with Gasteiger partial charge >= 0.3 is 0 Å². The Bertz CT molecular complexity index is 785. The first-order valence-corrected chi connectivity index (χ1v) is 8.07. The number of hydrogen-bond acceptors (Lipinski definition) is 3. The summed E-state index contributed by atoms with van der Waals surface area (Å²) < 4.78 is 11.0. The summed E-state index contributed by atoms with van der Waals surface area (Å²) in [6.07, 6.45) is 1.98. The lowest BCUT2D eigenvalue weighted by molar-refractivity contribution is -0.914. The summed E-state index contributed by atoms with van der Waals surface area (Å²) in [5.41, 5.74) is 5.72. The third kappa shape index (κ3) is 1.94. The topological polar surface area (TPSA) is 43.1 Å². The van der Waals surface area contributed by atoms with E-state index in [1.54, 1.807) is 14.2 Å². The van der Waals surface area contributed by atoms with E-state index in [-0.39, 0.29) is 5.75 Å². The number of methoxy groups -OCH3 is 2. The van der Waals surface area contributed by atoms with Gasteiger partial charge in [0.05, 0.1) is 27.8 Å². The van der Waals surface area contributed by atoms with Crippen LogP contribution < -0.4 is 14.4 Å². The smallest absolute Gasteiger partial charge is 0.166 e. The summed E-state index contributed by atoms with van der Waals surface area (Å²) in [5, 5.41) is 10.9. The second-order valence-corrected chi connectivity index (χ2v) is 6.47. The number of hydrogen-bond donors (Lipinski definition) is 2. The van der Waals surface area contributed by atoms with Gasteiger partial charge in [0.2, 0.25) is 0 Å². The molecule has 0 saturated carbocycles. The van der Waals surface area contributed by atoms with Crippen LogP contribution in [0.15, 0.2) is 24.3 Å². The van der Waals surface area contributed by atoms with Crippen molar-refractivity contribution in [2.45, 2.75) is 18.9 Å². The van der Waals surface area contributed by atoms with Crippen molar-refractivity contribution in [3.05, 3.63) is 41.0 Å². The van der Waals surface area contributed by atoms with E-state index in [0.29, 0.717) is 11.8 Å². The van der Waals surface area contributed by atoms with Crippen LogP contribution in [0.25, 0.3) is 11.1 Å². The molecule has 23 heavy (non-hydrogen) atoms. The number of fused-ring (bicyclic) bond motifs is 2. The van der Waals surface area contributed by atoms with E-state index < -0.39 is 0 Å². The van der Waals surface area contributed by atoms with Gasteiger partial charge in [-0.05, 0) is 23.3 Å². The molecule has 1 unspecified atom stereocenters. The average molecular weight is 312 g/mol. The van der Waals surface area contributed by atoms with Gasteiger partial charge in [-0.15, -0.1) is 0 Å². The number of likely N-dealkylation sites (N-methyl/N-ethyl adjacent to an activating group) is 1. The standard InChI is InChI=1S/C19H21NO3/c1-20-8-7-12-10-15(23-3)19(21)18-16(12)13(20)9-11-5-4-6-14(22-2)17(11)18/h4-6,10,13,21H,7-9H2,1-3H3/p+1/t13-/m0/s1. The van der Waals surface area contributed by atoms with Crippen molar-refractivity contribution in [2.24, 2.45) is 0 Å². The molecule has 1 heterocycles. The average Bonchev–Trinajstić information content (AvgIpc) is 2.58. The van der Waals surface area contributed by atoms with E-state index in [9.17, 15) is 5.11 Å². The molecule has 0 bridgehead atoms. The maximum Gasteiger partial charge on any atom is 0.166 e. The summed E-state index contributed by atoms with van der Waals surface area (Å²) in [4.78, 5) is 1.50. The van der Waals surface area contributed by atoms with Gasteiger partial charge < -0.3 is 19.5 Å². The highest BCUT2D eigenvalue weighted by molar-refractivity contribution is 5.86. The minimum atomic E-state index is 0.233. The first kappa shape index (κ1) is 14.4. The quantitative estimate of drug-likeness (QED) is 0.888. The Labute approximate surface area is 136 Å². The molecule has 2 aromatic rings. The summed E-state index contributed by atoms with van der Waals surface area (Å²) >= 11 is 0. The third-order valence-corrected chi connectivity index (χ3v) is 5.35. The molecule has 1 aliphatic heterocycles. The molecule has 2 aromatic carbocycles. The Hall–Kier alpha value is -2.20. The maximum absolute atomic E-state index is 10.9. The van der Waals surface area contributed by atoms with E-state index in [1.165, 1.54) is 21.6 Å². The highest BCUT2D eigenvalue weighted by atomic mass is 16.5. The van der Waals surface area contributed by atoms with Crippen LogP contribution in [-0.4, -0.2) is 32.9 Å². The number of nitrogens with one attached hydrogen (secondary N) is 1. The molecule has 0 fully saturated rings. The van der Waals surface area contributed by atoms with Crippen LogP contribution in [0.4, 0.5) is 0 Å². The van der Waals surface area contributed by atoms with Crippen LogP contribution in [0.5, 0.6) is 17.2 Å². The molecule has 0 saturated heterocycles. The second-order valence-electron chi connectivity index (χ2n) is 6.47. The van der Waals surface area contributed by atoms with Crippen LogP contribution in [0.2, 0.25) is 0 Å². The fourth-order valence-corrected chi connectivity index (χ4v) is 4.18. The fourth-order valence-electron chi connectivity index (χ4n) is 4.18. The molecular weight excluding hydrogens is 290 g/mol. The predicted octanol–water partition coefficient (Wildman–Crippen LogP) is 1.74. The molecule has 0 amide bonds. The monoisotopic (exact) mass is 312 g/mol. The molecule has 0 radical (unpaired) electrons.